The lowest BCUT2D eigenvalue weighted by atomic mass is 9.98. The second kappa shape index (κ2) is 5.28. The van der Waals surface area contributed by atoms with Crippen molar-refractivity contribution in [2.45, 2.75) is 32.2 Å². The molecule has 0 saturated carbocycles. The molecule has 1 aromatic carbocycles. The number of hydrogen-bond donors (Lipinski definition) is 1. The zero-order valence-corrected chi connectivity index (χ0v) is 11.4. The lowest BCUT2D eigenvalue weighted by molar-refractivity contribution is 0.366. The van der Waals surface area contributed by atoms with Crippen LogP contribution in [0.5, 0.6) is 0 Å². The quantitative estimate of drug-likeness (QED) is 0.869. The molecule has 0 amide bonds. The zero-order chi connectivity index (χ0) is 12.3. The van der Waals surface area contributed by atoms with Gasteiger partial charge in [-0.25, -0.2) is 0 Å². The van der Waals surface area contributed by atoms with Crippen LogP contribution >= 0.6 is 11.6 Å². The molecule has 17 heavy (non-hydrogen) atoms. The first-order valence-electron chi connectivity index (χ1n) is 6.38. The van der Waals surface area contributed by atoms with Crippen LogP contribution in [0.15, 0.2) is 24.3 Å². The predicted octanol–water partition coefficient (Wildman–Crippen LogP) is 3.31. The van der Waals surface area contributed by atoms with Crippen LogP contribution < -0.4 is 10.2 Å². The van der Waals surface area contributed by atoms with Crippen LogP contribution in [0.25, 0.3) is 0 Å². The average Bonchev–Trinajstić information content (AvgIpc) is 2.53. The second-order valence-corrected chi connectivity index (χ2v) is 5.53. The van der Waals surface area contributed by atoms with Gasteiger partial charge in [-0.2, -0.15) is 0 Å². The van der Waals surface area contributed by atoms with Crippen molar-refractivity contribution in [3.8, 4) is 0 Å². The maximum absolute atomic E-state index is 5.94. The van der Waals surface area contributed by atoms with Crippen LogP contribution in [0.1, 0.15) is 26.7 Å². The second-order valence-electron chi connectivity index (χ2n) is 5.09. The normalized spacial score (nSPS) is 25.7. The van der Waals surface area contributed by atoms with E-state index in [0.717, 1.165) is 31.1 Å². The smallest absolute Gasteiger partial charge is 0.0407 e. The highest BCUT2D eigenvalue weighted by Crippen LogP contribution is 2.23. The van der Waals surface area contributed by atoms with Crippen molar-refractivity contribution in [2.75, 3.05) is 24.5 Å². The summed E-state index contributed by atoms with van der Waals surface area (Å²) < 4.78 is 0. The van der Waals surface area contributed by atoms with Gasteiger partial charge in [0.05, 0.1) is 0 Å². The molecule has 0 bridgehead atoms. The van der Waals surface area contributed by atoms with Crippen LogP contribution in [0.4, 0.5) is 5.69 Å². The molecule has 1 atom stereocenters. The largest absolute Gasteiger partial charge is 0.370 e. The number of halogens is 1. The summed E-state index contributed by atoms with van der Waals surface area (Å²) in [5.74, 6) is 0. The Hall–Kier alpha value is -0.730. The summed E-state index contributed by atoms with van der Waals surface area (Å²) in [6.07, 6.45) is 2.34. The molecule has 1 aromatic rings. The highest BCUT2D eigenvalue weighted by atomic mass is 35.5. The predicted molar refractivity (Wildman–Crippen MR) is 75.0 cm³/mol. The van der Waals surface area contributed by atoms with E-state index in [1.165, 1.54) is 12.1 Å². The fraction of sp³-hybridized carbons (Fsp3) is 0.571. The minimum Gasteiger partial charge on any atom is -0.370 e. The molecule has 0 aliphatic carbocycles. The van der Waals surface area contributed by atoms with E-state index in [1.54, 1.807) is 0 Å². The van der Waals surface area contributed by atoms with Gasteiger partial charge in [-0.05, 0) is 50.6 Å². The molecule has 0 radical (unpaired) electrons. The minimum atomic E-state index is 0.218. The third kappa shape index (κ3) is 3.14. The number of nitrogens with zero attached hydrogens (tertiary/aromatic N) is 1. The Labute approximate surface area is 109 Å². The van der Waals surface area contributed by atoms with E-state index in [-0.39, 0.29) is 5.54 Å². The van der Waals surface area contributed by atoms with E-state index < -0.39 is 0 Å². The Morgan fingerprint density at radius 1 is 1.35 bits per heavy atom. The Balaban J connectivity index is 2.16. The topological polar surface area (TPSA) is 15.3 Å². The van der Waals surface area contributed by atoms with E-state index >= 15 is 0 Å². The molecule has 1 N–H and O–H groups in total. The van der Waals surface area contributed by atoms with Crippen molar-refractivity contribution in [1.29, 1.82) is 0 Å². The summed E-state index contributed by atoms with van der Waals surface area (Å²) >= 11 is 5.94. The van der Waals surface area contributed by atoms with E-state index in [9.17, 15) is 0 Å². The molecule has 2 nitrogen and oxygen atoms in total. The standard InChI is InChI=1S/C14H21ClN2/c1-3-14(2)11-17(10-4-9-16-14)13-7-5-12(15)6-8-13/h5-8,16H,3-4,9-11H2,1-2H3. The van der Waals surface area contributed by atoms with Crippen LogP contribution in [0, 0.1) is 0 Å². The van der Waals surface area contributed by atoms with Gasteiger partial charge in [-0.1, -0.05) is 18.5 Å². The summed E-state index contributed by atoms with van der Waals surface area (Å²) in [4.78, 5) is 2.46. The fourth-order valence-electron chi connectivity index (χ4n) is 2.33. The number of benzene rings is 1. The van der Waals surface area contributed by atoms with Crippen molar-refractivity contribution in [3.63, 3.8) is 0 Å². The van der Waals surface area contributed by atoms with Crippen molar-refractivity contribution in [2.24, 2.45) is 0 Å². The van der Waals surface area contributed by atoms with Gasteiger partial charge < -0.3 is 10.2 Å². The average molecular weight is 253 g/mol. The molecule has 94 valence electrons. The molecule has 1 heterocycles. The zero-order valence-electron chi connectivity index (χ0n) is 10.7. The van der Waals surface area contributed by atoms with Crippen molar-refractivity contribution < 1.29 is 0 Å². The van der Waals surface area contributed by atoms with Crippen LogP contribution in [-0.4, -0.2) is 25.2 Å². The Kier molecular flexibility index (Phi) is 3.95. The van der Waals surface area contributed by atoms with E-state index in [0.29, 0.717) is 0 Å². The Morgan fingerprint density at radius 2 is 2.06 bits per heavy atom. The number of anilines is 1. The lowest BCUT2D eigenvalue weighted by Crippen LogP contribution is -2.48. The summed E-state index contributed by atoms with van der Waals surface area (Å²) in [5.41, 5.74) is 1.49. The van der Waals surface area contributed by atoms with Gasteiger partial charge in [0.25, 0.3) is 0 Å². The highest BCUT2D eigenvalue weighted by molar-refractivity contribution is 6.30. The van der Waals surface area contributed by atoms with Crippen LogP contribution in [-0.2, 0) is 0 Å². The molecule has 1 aliphatic rings. The first-order chi connectivity index (χ1) is 8.13. The monoisotopic (exact) mass is 252 g/mol. The van der Waals surface area contributed by atoms with Gasteiger partial charge in [0.15, 0.2) is 0 Å². The molecule has 1 saturated heterocycles. The minimum absolute atomic E-state index is 0.218. The third-order valence-electron chi connectivity index (χ3n) is 3.67. The maximum atomic E-state index is 5.94. The summed E-state index contributed by atoms with van der Waals surface area (Å²) in [6, 6.07) is 8.17. The Bertz CT molecular complexity index is 363. The Morgan fingerprint density at radius 3 is 2.71 bits per heavy atom. The van der Waals surface area contributed by atoms with Gasteiger partial charge >= 0.3 is 0 Å². The molecular weight excluding hydrogens is 232 g/mol. The molecular formula is C14H21ClN2. The molecule has 0 spiro atoms. The van der Waals surface area contributed by atoms with E-state index in [2.05, 4.69) is 36.2 Å². The van der Waals surface area contributed by atoms with Crippen molar-refractivity contribution in [3.05, 3.63) is 29.3 Å². The summed E-state index contributed by atoms with van der Waals surface area (Å²) in [6.45, 7) is 7.84. The van der Waals surface area contributed by atoms with Crippen LogP contribution in [0.3, 0.4) is 0 Å². The lowest BCUT2D eigenvalue weighted by Gasteiger charge is -2.33. The molecule has 3 heteroatoms. The van der Waals surface area contributed by atoms with Crippen molar-refractivity contribution >= 4 is 17.3 Å². The highest BCUT2D eigenvalue weighted by Gasteiger charge is 2.27. The molecule has 0 aromatic heterocycles. The van der Waals surface area contributed by atoms with Gasteiger partial charge in [-0.3, -0.25) is 0 Å². The van der Waals surface area contributed by atoms with Crippen molar-refractivity contribution in [1.82, 2.24) is 5.32 Å². The first-order valence-corrected chi connectivity index (χ1v) is 6.76. The molecule has 1 aliphatic heterocycles. The summed E-state index contributed by atoms with van der Waals surface area (Å²) in [5, 5.41) is 4.46. The number of nitrogens with one attached hydrogen (secondary N) is 1. The van der Waals surface area contributed by atoms with Gasteiger partial charge in [0.2, 0.25) is 0 Å². The fourth-order valence-corrected chi connectivity index (χ4v) is 2.45. The molecule has 2 rings (SSSR count). The van der Waals surface area contributed by atoms with E-state index in [4.69, 9.17) is 11.6 Å². The SMILES string of the molecule is CCC1(C)CN(c2ccc(Cl)cc2)CCCN1. The van der Waals surface area contributed by atoms with Crippen LogP contribution in [0.2, 0.25) is 5.02 Å². The molecule has 1 unspecified atom stereocenters. The number of hydrogen-bond acceptors (Lipinski definition) is 2. The maximum Gasteiger partial charge on any atom is 0.0407 e. The van der Waals surface area contributed by atoms with Gasteiger partial charge in [0.1, 0.15) is 0 Å². The molecule has 1 fully saturated rings. The third-order valence-corrected chi connectivity index (χ3v) is 3.92. The first kappa shape index (κ1) is 12.7. The van der Waals surface area contributed by atoms with E-state index in [1.807, 2.05) is 12.1 Å². The summed E-state index contributed by atoms with van der Waals surface area (Å²) in [7, 11) is 0. The van der Waals surface area contributed by atoms with Gasteiger partial charge in [0, 0.05) is 29.3 Å². The number of rotatable bonds is 2. The van der Waals surface area contributed by atoms with Gasteiger partial charge in [-0.15, -0.1) is 0 Å².